The Bertz CT molecular complexity index is 811. The Morgan fingerprint density at radius 2 is 1.86 bits per heavy atom. The fourth-order valence-corrected chi connectivity index (χ4v) is 3.42. The van der Waals surface area contributed by atoms with E-state index < -0.39 is 5.60 Å². The number of hydrogen-bond donors (Lipinski definition) is 2. The average Bonchev–Trinajstić information content (AvgIpc) is 2.68. The first-order chi connectivity index (χ1) is 13.4. The standard InChI is InChI=1S/C24H30N2O2/c1-24(2,27)15-14-19-6-8-20(9-7-19)17-26-16-4-5-22(18-26)25-21-10-12-23(28-3)13-11-21/h6-13,22,25,27H,4-5,16-18H2,1-3H3/t22-/m1/s1. The van der Waals surface area contributed by atoms with Gasteiger partial charge >= 0.3 is 0 Å². The molecule has 1 heterocycles. The van der Waals surface area contributed by atoms with Crippen LogP contribution in [-0.4, -0.2) is 41.8 Å². The van der Waals surface area contributed by atoms with E-state index in [2.05, 4.69) is 46.3 Å². The van der Waals surface area contributed by atoms with Gasteiger partial charge in [0, 0.05) is 30.4 Å². The van der Waals surface area contributed by atoms with Gasteiger partial charge in [-0.05, 0) is 75.2 Å². The van der Waals surface area contributed by atoms with Crippen LogP contribution in [0.5, 0.6) is 5.75 Å². The summed E-state index contributed by atoms with van der Waals surface area (Å²) in [5.74, 6) is 6.76. The summed E-state index contributed by atoms with van der Waals surface area (Å²) in [5, 5.41) is 13.4. The maximum Gasteiger partial charge on any atom is 0.120 e. The molecule has 4 heteroatoms. The largest absolute Gasteiger partial charge is 0.497 e. The first-order valence-corrected chi connectivity index (χ1v) is 9.89. The van der Waals surface area contributed by atoms with E-state index in [0.717, 1.165) is 36.6 Å². The van der Waals surface area contributed by atoms with Crippen molar-refractivity contribution in [2.24, 2.45) is 0 Å². The number of benzene rings is 2. The maximum absolute atomic E-state index is 9.71. The Kier molecular flexibility index (Phi) is 6.61. The third kappa shape index (κ3) is 6.30. The molecule has 1 aliphatic heterocycles. The number of rotatable bonds is 5. The van der Waals surface area contributed by atoms with Gasteiger partial charge in [-0.3, -0.25) is 4.90 Å². The first-order valence-electron chi connectivity index (χ1n) is 9.89. The summed E-state index contributed by atoms with van der Waals surface area (Å²) in [4.78, 5) is 2.50. The number of nitrogens with one attached hydrogen (secondary N) is 1. The van der Waals surface area contributed by atoms with Crippen molar-refractivity contribution in [3.63, 3.8) is 0 Å². The third-order valence-electron chi connectivity index (χ3n) is 4.84. The predicted molar refractivity (Wildman–Crippen MR) is 115 cm³/mol. The Morgan fingerprint density at radius 3 is 2.50 bits per heavy atom. The van der Waals surface area contributed by atoms with E-state index >= 15 is 0 Å². The highest BCUT2D eigenvalue weighted by Gasteiger charge is 2.19. The molecule has 0 saturated carbocycles. The van der Waals surface area contributed by atoms with Gasteiger partial charge in [-0.1, -0.05) is 24.0 Å². The molecule has 0 radical (unpaired) electrons. The molecule has 2 N–H and O–H groups in total. The normalized spacial score (nSPS) is 17.5. The molecule has 28 heavy (non-hydrogen) atoms. The average molecular weight is 379 g/mol. The van der Waals surface area contributed by atoms with Gasteiger partial charge in [-0.25, -0.2) is 0 Å². The minimum Gasteiger partial charge on any atom is -0.497 e. The summed E-state index contributed by atoms with van der Waals surface area (Å²) >= 11 is 0. The van der Waals surface area contributed by atoms with E-state index in [-0.39, 0.29) is 0 Å². The molecular weight excluding hydrogens is 348 g/mol. The first kappa shape index (κ1) is 20.3. The highest BCUT2D eigenvalue weighted by molar-refractivity contribution is 5.47. The number of nitrogens with zero attached hydrogens (tertiary/aromatic N) is 1. The van der Waals surface area contributed by atoms with Crippen LogP contribution in [0.1, 0.15) is 37.8 Å². The van der Waals surface area contributed by atoms with Gasteiger partial charge in [0.1, 0.15) is 11.4 Å². The molecule has 0 unspecified atom stereocenters. The van der Waals surface area contributed by atoms with Crippen LogP contribution in [0.25, 0.3) is 0 Å². The van der Waals surface area contributed by atoms with Crippen molar-refractivity contribution in [2.75, 3.05) is 25.5 Å². The highest BCUT2D eigenvalue weighted by atomic mass is 16.5. The number of ether oxygens (including phenoxy) is 1. The van der Waals surface area contributed by atoms with Crippen molar-refractivity contribution in [1.82, 2.24) is 4.90 Å². The van der Waals surface area contributed by atoms with Crippen LogP contribution in [0.15, 0.2) is 48.5 Å². The predicted octanol–water partition coefficient (Wildman–Crippen LogP) is 3.89. The molecule has 0 spiro atoms. The summed E-state index contributed by atoms with van der Waals surface area (Å²) in [6, 6.07) is 16.9. The molecule has 2 aromatic rings. The summed E-state index contributed by atoms with van der Waals surface area (Å²) < 4.78 is 5.23. The summed E-state index contributed by atoms with van der Waals surface area (Å²) in [6.45, 7) is 6.50. The van der Waals surface area contributed by atoms with Gasteiger partial charge in [-0.2, -0.15) is 0 Å². The second kappa shape index (κ2) is 9.14. The van der Waals surface area contributed by atoms with Gasteiger partial charge < -0.3 is 15.2 Å². The lowest BCUT2D eigenvalue weighted by Crippen LogP contribution is -2.41. The molecule has 0 bridgehead atoms. The zero-order valence-corrected chi connectivity index (χ0v) is 17.0. The topological polar surface area (TPSA) is 44.7 Å². The second-order valence-corrected chi connectivity index (χ2v) is 7.95. The molecule has 4 nitrogen and oxygen atoms in total. The zero-order chi connectivity index (χ0) is 20.0. The van der Waals surface area contributed by atoms with Crippen LogP contribution in [0.2, 0.25) is 0 Å². The maximum atomic E-state index is 9.71. The molecule has 1 fully saturated rings. The number of aliphatic hydroxyl groups is 1. The minimum atomic E-state index is -0.960. The molecule has 2 aromatic carbocycles. The van der Waals surface area contributed by atoms with Gasteiger partial charge in [-0.15, -0.1) is 0 Å². The summed E-state index contributed by atoms with van der Waals surface area (Å²) in [5.41, 5.74) is 2.41. The molecule has 0 amide bonds. The number of anilines is 1. The number of methoxy groups -OCH3 is 1. The van der Waals surface area contributed by atoms with Crippen molar-refractivity contribution in [2.45, 2.75) is 44.9 Å². The number of hydrogen-bond acceptors (Lipinski definition) is 4. The summed E-state index contributed by atoms with van der Waals surface area (Å²) in [7, 11) is 1.69. The monoisotopic (exact) mass is 378 g/mol. The van der Waals surface area contributed by atoms with Gasteiger partial charge in [0.05, 0.1) is 7.11 Å². The second-order valence-electron chi connectivity index (χ2n) is 7.95. The highest BCUT2D eigenvalue weighted by Crippen LogP contribution is 2.20. The van der Waals surface area contributed by atoms with Crippen LogP contribution in [0.4, 0.5) is 5.69 Å². The van der Waals surface area contributed by atoms with E-state index in [1.807, 2.05) is 24.3 Å². The lowest BCUT2D eigenvalue weighted by atomic mass is 10.0. The van der Waals surface area contributed by atoms with E-state index in [9.17, 15) is 5.11 Å². The molecule has 1 atom stereocenters. The van der Waals surface area contributed by atoms with E-state index in [4.69, 9.17) is 4.74 Å². The van der Waals surface area contributed by atoms with Gasteiger partial charge in [0.2, 0.25) is 0 Å². The molecule has 1 aliphatic rings. The van der Waals surface area contributed by atoms with Crippen molar-refractivity contribution < 1.29 is 9.84 Å². The van der Waals surface area contributed by atoms with Gasteiger partial charge in [0.15, 0.2) is 0 Å². The van der Waals surface area contributed by atoms with Crippen molar-refractivity contribution in [1.29, 1.82) is 0 Å². The molecule has 1 saturated heterocycles. The van der Waals surface area contributed by atoms with Crippen LogP contribution in [0.3, 0.4) is 0 Å². The Hall–Kier alpha value is -2.48. The lowest BCUT2D eigenvalue weighted by Gasteiger charge is -2.33. The van der Waals surface area contributed by atoms with E-state index in [0.29, 0.717) is 6.04 Å². The Morgan fingerprint density at radius 1 is 1.14 bits per heavy atom. The molecule has 0 aliphatic carbocycles. The molecular formula is C24H30N2O2. The molecule has 3 rings (SSSR count). The molecule has 148 valence electrons. The SMILES string of the molecule is COc1ccc(N[C@@H]2CCCN(Cc3ccc(C#CC(C)(C)O)cc3)C2)cc1. The number of piperidine rings is 1. The number of likely N-dealkylation sites (tertiary alicyclic amines) is 1. The van der Waals surface area contributed by atoms with Gasteiger partial charge in [0.25, 0.3) is 0 Å². The van der Waals surface area contributed by atoms with Crippen LogP contribution >= 0.6 is 0 Å². The van der Waals surface area contributed by atoms with Crippen LogP contribution in [0, 0.1) is 11.8 Å². The van der Waals surface area contributed by atoms with Crippen molar-refractivity contribution in [3.8, 4) is 17.6 Å². The summed E-state index contributed by atoms with van der Waals surface area (Å²) in [6.07, 6.45) is 2.39. The molecule has 0 aromatic heterocycles. The van der Waals surface area contributed by atoms with Crippen LogP contribution in [-0.2, 0) is 6.54 Å². The fraction of sp³-hybridized carbons (Fsp3) is 0.417. The smallest absolute Gasteiger partial charge is 0.120 e. The van der Waals surface area contributed by atoms with Crippen molar-refractivity contribution in [3.05, 3.63) is 59.7 Å². The lowest BCUT2D eigenvalue weighted by molar-refractivity contribution is 0.143. The Labute approximate surface area is 168 Å². The zero-order valence-electron chi connectivity index (χ0n) is 17.0. The third-order valence-corrected chi connectivity index (χ3v) is 4.84. The van der Waals surface area contributed by atoms with Crippen molar-refractivity contribution >= 4 is 5.69 Å². The van der Waals surface area contributed by atoms with E-state index in [1.165, 1.54) is 18.4 Å². The van der Waals surface area contributed by atoms with Crippen LogP contribution < -0.4 is 10.1 Å². The Balaban J connectivity index is 1.54. The van der Waals surface area contributed by atoms with E-state index in [1.54, 1.807) is 21.0 Å². The quantitative estimate of drug-likeness (QED) is 0.775. The fourth-order valence-electron chi connectivity index (χ4n) is 3.42. The minimum absolute atomic E-state index is 0.457.